The minimum Gasteiger partial charge on any atom is -0.330 e. The lowest BCUT2D eigenvalue weighted by atomic mass is 9.71. The molecule has 2 fully saturated rings. The zero-order valence-electron chi connectivity index (χ0n) is 13.3. The first-order valence-corrected chi connectivity index (χ1v) is 8.48. The van der Waals surface area contributed by atoms with E-state index in [0.29, 0.717) is 5.41 Å². The van der Waals surface area contributed by atoms with E-state index >= 15 is 0 Å². The summed E-state index contributed by atoms with van der Waals surface area (Å²) in [4.78, 5) is 2.83. The van der Waals surface area contributed by atoms with E-state index < -0.39 is 0 Å². The third-order valence-electron chi connectivity index (χ3n) is 5.56. The summed E-state index contributed by atoms with van der Waals surface area (Å²) in [7, 11) is 0. The SMILES string of the molecule is CC(C)(C)C1CCC(N2CCCCC2CCN)CC1. The number of likely N-dealkylation sites (tertiary alicyclic amines) is 1. The summed E-state index contributed by atoms with van der Waals surface area (Å²) < 4.78 is 0. The van der Waals surface area contributed by atoms with Gasteiger partial charge in [-0.05, 0) is 69.4 Å². The Balaban J connectivity index is 1.88. The van der Waals surface area contributed by atoms with Crippen LogP contribution in [-0.2, 0) is 0 Å². The first kappa shape index (κ1) is 15.3. The van der Waals surface area contributed by atoms with Gasteiger partial charge in [-0.1, -0.05) is 27.2 Å². The molecule has 0 bridgehead atoms. The van der Waals surface area contributed by atoms with Gasteiger partial charge in [0.05, 0.1) is 0 Å². The lowest BCUT2D eigenvalue weighted by Crippen LogP contribution is -2.48. The fraction of sp³-hybridized carbons (Fsp3) is 1.00. The van der Waals surface area contributed by atoms with Gasteiger partial charge in [-0.25, -0.2) is 0 Å². The molecule has 1 aliphatic carbocycles. The van der Waals surface area contributed by atoms with Crippen LogP contribution in [0.2, 0.25) is 0 Å². The number of rotatable bonds is 3. The van der Waals surface area contributed by atoms with Crippen LogP contribution in [0.25, 0.3) is 0 Å². The van der Waals surface area contributed by atoms with E-state index in [-0.39, 0.29) is 0 Å². The lowest BCUT2D eigenvalue weighted by molar-refractivity contribution is 0.0430. The minimum atomic E-state index is 0.504. The molecule has 0 aromatic carbocycles. The monoisotopic (exact) mass is 266 g/mol. The van der Waals surface area contributed by atoms with Crippen molar-refractivity contribution in [3.63, 3.8) is 0 Å². The van der Waals surface area contributed by atoms with E-state index in [1.165, 1.54) is 57.9 Å². The normalized spacial score (nSPS) is 34.4. The summed E-state index contributed by atoms with van der Waals surface area (Å²) in [5.74, 6) is 0.932. The molecule has 1 unspecified atom stereocenters. The van der Waals surface area contributed by atoms with Gasteiger partial charge in [0.2, 0.25) is 0 Å². The first-order chi connectivity index (χ1) is 9.02. The van der Waals surface area contributed by atoms with Crippen LogP contribution in [0.5, 0.6) is 0 Å². The van der Waals surface area contributed by atoms with Gasteiger partial charge >= 0.3 is 0 Å². The Morgan fingerprint density at radius 1 is 1.00 bits per heavy atom. The molecule has 0 aromatic rings. The zero-order valence-corrected chi connectivity index (χ0v) is 13.3. The predicted molar refractivity (Wildman–Crippen MR) is 83.2 cm³/mol. The van der Waals surface area contributed by atoms with Gasteiger partial charge in [0.25, 0.3) is 0 Å². The molecule has 2 rings (SSSR count). The highest BCUT2D eigenvalue weighted by molar-refractivity contribution is 4.88. The maximum atomic E-state index is 5.80. The fourth-order valence-electron chi connectivity index (χ4n) is 4.28. The van der Waals surface area contributed by atoms with Crippen molar-refractivity contribution in [2.24, 2.45) is 17.1 Å². The van der Waals surface area contributed by atoms with Crippen molar-refractivity contribution >= 4 is 0 Å². The molecule has 2 heteroatoms. The van der Waals surface area contributed by atoms with Gasteiger partial charge in [0, 0.05) is 12.1 Å². The van der Waals surface area contributed by atoms with Crippen LogP contribution in [0.1, 0.15) is 72.1 Å². The Hall–Kier alpha value is -0.0800. The van der Waals surface area contributed by atoms with Crippen molar-refractivity contribution < 1.29 is 0 Å². The quantitative estimate of drug-likeness (QED) is 0.842. The van der Waals surface area contributed by atoms with Crippen LogP contribution in [0, 0.1) is 11.3 Å². The number of hydrogen-bond donors (Lipinski definition) is 1. The average molecular weight is 266 g/mol. The Labute approximate surface area is 120 Å². The number of hydrogen-bond acceptors (Lipinski definition) is 2. The van der Waals surface area contributed by atoms with Crippen LogP contribution < -0.4 is 5.73 Å². The summed E-state index contributed by atoms with van der Waals surface area (Å²) in [5.41, 5.74) is 6.31. The molecule has 2 nitrogen and oxygen atoms in total. The Kier molecular flexibility index (Phi) is 5.30. The summed E-state index contributed by atoms with van der Waals surface area (Å²) in [5, 5.41) is 0. The molecule has 1 aliphatic heterocycles. The smallest absolute Gasteiger partial charge is 0.0110 e. The maximum Gasteiger partial charge on any atom is 0.0110 e. The second-order valence-corrected chi connectivity index (χ2v) is 7.84. The van der Waals surface area contributed by atoms with Gasteiger partial charge in [-0.2, -0.15) is 0 Å². The van der Waals surface area contributed by atoms with Gasteiger partial charge < -0.3 is 5.73 Å². The Morgan fingerprint density at radius 2 is 1.68 bits per heavy atom. The molecule has 1 saturated carbocycles. The zero-order chi connectivity index (χ0) is 13.9. The molecule has 2 aliphatic rings. The van der Waals surface area contributed by atoms with Gasteiger partial charge in [0.15, 0.2) is 0 Å². The van der Waals surface area contributed by atoms with Crippen LogP contribution in [0.3, 0.4) is 0 Å². The van der Waals surface area contributed by atoms with E-state index in [1.807, 2.05) is 0 Å². The van der Waals surface area contributed by atoms with Crippen molar-refractivity contribution in [3.05, 3.63) is 0 Å². The molecule has 1 saturated heterocycles. The van der Waals surface area contributed by atoms with E-state index in [2.05, 4.69) is 25.7 Å². The third-order valence-corrected chi connectivity index (χ3v) is 5.56. The van der Waals surface area contributed by atoms with Crippen LogP contribution in [0.15, 0.2) is 0 Å². The molecule has 2 N–H and O–H groups in total. The van der Waals surface area contributed by atoms with E-state index in [9.17, 15) is 0 Å². The molecule has 0 aromatic heterocycles. The minimum absolute atomic E-state index is 0.504. The number of nitrogens with zero attached hydrogens (tertiary/aromatic N) is 1. The largest absolute Gasteiger partial charge is 0.330 e. The summed E-state index contributed by atoms with van der Waals surface area (Å²) in [6.07, 6.45) is 11.1. The topological polar surface area (TPSA) is 29.3 Å². The van der Waals surface area contributed by atoms with Gasteiger partial charge in [0.1, 0.15) is 0 Å². The summed E-state index contributed by atoms with van der Waals surface area (Å²) >= 11 is 0. The molecule has 0 amide bonds. The second kappa shape index (κ2) is 6.58. The van der Waals surface area contributed by atoms with Gasteiger partial charge in [-0.15, -0.1) is 0 Å². The van der Waals surface area contributed by atoms with Crippen molar-refractivity contribution in [2.75, 3.05) is 13.1 Å². The molecular weight excluding hydrogens is 232 g/mol. The van der Waals surface area contributed by atoms with E-state index in [4.69, 9.17) is 5.73 Å². The molecule has 0 spiro atoms. The van der Waals surface area contributed by atoms with Crippen LogP contribution in [-0.4, -0.2) is 30.1 Å². The van der Waals surface area contributed by atoms with E-state index in [0.717, 1.165) is 24.5 Å². The lowest BCUT2D eigenvalue weighted by Gasteiger charge is -2.46. The third kappa shape index (κ3) is 3.95. The van der Waals surface area contributed by atoms with Crippen LogP contribution in [0.4, 0.5) is 0 Å². The Bertz CT molecular complexity index is 259. The van der Waals surface area contributed by atoms with Crippen molar-refractivity contribution in [2.45, 2.75) is 84.2 Å². The number of nitrogens with two attached hydrogens (primary N) is 1. The highest BCUT2D eigenvalue weighted by Gasteiger charge is 2.34. The fourth-order valence-corrected chi connectivity index (χ4v) is 4.28. The molecule has 112 valence electrons. The molecule has 0 radical (unpaired) electrons. The molecule has 19 heavy (non-hydrogen) atoms. The standard InChI is InChI=1S/C17H34N2/c1-17(2,3)14-7-9-16(10-8-14)19-13-5-4-6-15(19)11-12-18/h14-16H,4-13,18H2,1-3H3. The highest BCUT2D eigenvalue weighted by atomic mass is 15.2. The first-order valence-electron chi connectivity index (χ1n) is 8.48. The molecule has 1 atom stereocenters. The highest BCUT2D eigenvalue weighted by Crippen LogP contribution is 2.40. The molecular formula is C17H34N2. The van der Waals surface area contributed by atoms with Crippen molar-refractivity contribution in [1.82, 2.24) is 4.90 Å². The van der Waals surface area contributed by atoms with Crippen LogP contribution >= 0.6 is 0 Å². The van der Waals surface area contributed by atoms with Crippen molar-refractivity contribution in [1.29, 1.82) is 0 Å². The van der Waals surface area contributed by atoms with E-state index in [1.54, 1.807) is 0 Å². The van der Waals surface area contributed by atoms with Gasteiger partial charge in [-0.3, -0.25) is 4.90 Å². The van der Waals surface area contributed by atoms with Crippen molar-refractivity contribution in [3.8, 4) is 0 Å². The maximum absolute atomic E-state index is 5.80. The summed E-state index contributed by atoms with van der Waals surface area (Å²) in [6.45, 7) is 9.43. The number of piperidine rings is 1. The Morgan fingerprint density at radius 3 is 2.26 bits per heavy atom. The molecule has 1 heterocycles. The second-order valence-electron chi connectivity index (χ2n) is 7.84. The average Bonchev–Trinajstić information content (AvgIpc) is 2.39. The predicted octanol–water partition coefficient (Wildman–Crippen LogP) is 3.79. The summed E-state index contributed by atoms with van der Waals surface area (Å²) in [6, 6.07) is 1.64.